The topological polar surface area (TPSA) is 110 Å². The van der Waals surface area contributed by atoms with Gasteiger partial charge >= 0.3 is 5.97 Å². The Morgan fingerprint density at radius 2 is 1.22 bits per heavy atom. The number of hydrogen-bond acceptors (Lipinski definition) is 8. The van der Waals surface area contributed by atoms with Crippen LogP contribution in [0, 0.1) is 0 Å². The maximum atomic E-state index is 12.6. The van der Waals surface area contributed by atoms with Crippen molar-refractivity contribution in [3.05, 3.63) is 197 Å². The number of thiazole rings is 1. The van der Waals surface area contributed by atoms with Crippen LogP contribution in [0.2, 0.25) is 0 Å². The molecule has 1 unspecified atom stereocenters. The smallest absolute Gasteiger partial charge is 0.360 e. The number of rotatable bonds is 14. The van der Waals surface area contributed by atoms with Crippen molar-refractivity contribution < 1.29 is 24.3 Å². The molecule has 0 radical (unpaired) electrons. The molecule has 0 bridgehead atoms. The van der Waals surface area contributed by atoms with Gasteiger partial charge in [-0.05, 0) is 27.8 Å². The average molecular weight is 680 g/mol. The fourth-order valence-corrected chi connectivity index (χ4v) is 6.47. The molecule has 1 aromatic heterocycles. The van der Waals surface area contributed by atoms with Gasteiger partial charge in [0.1, 0.15) is 23.3 Å². The highest BCUT2D eigenvalue weighted by Crippen LogP contribution is 2.41. The normalized spacial score (nSPS) is 12.8. The summed E-state index contributed by atoms with van der Waals surface area (Å²) in [4.78, 5) is 34.7. The summed E-state index contributed by atoms with van der Waals surface area (Å²) in [5.74, 6) is -1.44. The monoisotopic (exact) mass is 679 g/mol. The highest BCUT2D eigenvalue weighted by atomic mass is 32.1. The first-order valence-electron chi connectivity index (χ1n) is 15.8. The van der Waals surface area contributed by atoms with Gasteiger partial charge in [0.25, 0.3) is 5.79 Å². The lowest BCUT2D eigenvalue weighted by atomic mass is 9.77. The number of hydrogen-bond donors (Lipinski definition) is 2. The highest BCUT2D eigenvalue weighted by Gasteiger charge is 2.38. The Hall–Kier alpha value is -6.12. The summed E-state index contributed by atoms with van der Waals surface area (Å²) < 4.78 is 6.36. The number of carboxylic acids is 1. The van der Waals surface area contributed by atoms with Gasteiger partial charge in [-0.2, -0.15) is 0 Å². The molecule has 248 valence electrons. The first kappa shape index (κ1) is 33.8. The van der Waals surface area contributed by atoms with Gasteiger partial charge in [-0.1, -0.05) is 157 Å². The number of aliphatic carboxylic acids is 1. The fraction of sp³-hybridized carbons (Fsp3) is 0.0976. The van der Waals surface area contributed by atoms with Crippen molar-refractivity contribution in [2.75, 3.05) is 5.32 Å². The minimum atomic E-state index is -1.79. The minimum Gasteiger partial charge on any atom is -0.476 e. The van der Waals surface area contributed by atoms with E-state index in [0.29, 0.717) is 5.13 Å². The van der Waals surface area contributed by atoms with Crippen LogP contribution in [0.25, 0.3) is 0 Å². The molecule has 6 rings (SSSR count). The molecule has 0 spiro atoms. The van der Waals surface area contributed by atoms with Gasteiger partial charge in [-0.25, -0.2) is 14.6 Å². The number of nitrogens with one attached hydrogen (secondary N) is 1. The molecule has 0 fully saturated rings. The largest absolute Gasteiger partial charge is 0.476 e. The molecule has 2 N–H and O–H groups in total. The number of benzene rings is 5. The van der Waals surface area contributed by atoms with Gasteiger partial charge in [0, 0.05) is 12.3 Å². The first-order valence-corrected chi connectivity index (χ1v) is 16.7. The van der Waals surface area contributed by atoms with Crippen molar-refractivity contribution in [3.63, 3.8) is 0 Å². The first-order chi connectivity index (χ1) is 24.4. The van der Waals surface area contributed by atoms with Crippen LogP contribution in [0.15, 0.2) is 168 Å². The van der Waals surface area contributed by atoms with E-state index in [4.69, 9.17) is 9.57 Å². The van der Waals surface area contributed by atoms with Crippen LogP contribution in [0.3, 0.4) is 0 Å². The molecule has 5 aromatic carbocycles. The van der Waals surface area contributed by atoms with Gasteiger partial charge < -0.3 is 20.0 Å². The zero-order chi connectivity index (χ0) is 34.8. The molecule has 1 atom stereocenters. The Morgan fingerprint density at radius 1 is 0.780 bits per heavy atom. The Balaban J connectivity index is 1.35. The van der Waals surface area contributed by atoms with Crippen LogP contribution in [0.5, 0.6) is 0 Å². The van der Waals surface area contributed by atoms with Crippen molar-refractivity contribution in [2.24, 2.45) is 5.16 Å². The van der Waals surface area contributed by atoms with Crippen LogP contribution >= 0.6 is 11.3 Å². The summed E-state index contributed by atoms with van der Waals surface area (Å²) in [5.41, 5.74) is 3.20. The van der Waals surface area contributed by atoms with E-state index < -0.39 is 29.1 Å². The number of oxime groups is 1. The van der Waals surface area contributed by atoms with E-state index in [1.165, 1.54) is 18.3 Å². The molecule has 8 nitrogen and oxygen atoms in total. The number of carbonyl (C=O) groups is 1. The van der Waals surface area contributed by atoms with Crippen molar-refractivity contribution in [3.8, 4) is 0 Å². The van der Waals surface area contributed by atoms with Gasteiger partial charge in [-0.3, -0.25) is 0 Å². The lowest BCUT2D eigenvalue weighted by Crippen LogP contribution is -2.38. The molecule has 1 heterocycles. The lowest BCUT2D eigenvalue weighted by Gasteiger charge is -2.36. The van der Waals surface area contributed by atoms with E-state index in [2.05, 4.69) is 15.5 Å². The predicted molar refractivity (Wildman–Crippen MR) is 195 cm³/mol. The fourth-order valence-electron chi connectivity index (χ4n) is 5.72. The molecule has 0 saturated carbocycles. The van der Waals surface area contributed by atoms with E-state index >= 15 is 0 Å². The van der Waals surface area contributed by atoms with Crippen LogP contribution in [-0.2, 0) is 24.7 Å². The summed E-state index contributed by atoms with van der Waals surface area (Å²) >= 11 is 1.23. The van der Waals surface area contributed by atoms with Crippen LogP contribution in [0.4, 0.5) is 5.13 Å². The third kappa shape index (κ3) is 7.46. The maximum Gasteiger partial charge on any atom is 0.360 e. The van der Waals surface area contributed by atoms with Crippen molar-refractivity contribution in [1.82, 2.24) is 4.98 Å². The third-order valence-electron chi connectivity index (χ3n) is 8.06. The molecule has 6 aromatic rings. The molecule has 0 amide bonds. The second-order valence-corrected chi connectivity index (χ2v) is 12.3. The van der Waals surface area contributed by atoms with Crippen molar-refractivity contribution >= 4 is 34.1 Å². The number of carboxylic acid groups (broad SMARTS) is 1. The lowest BCUT2D eigenvalue weighted by molar-refractivity contribution is -0.211. The Kier molecular flexibility index (Phi) is 10.4. The van der Waals surface area contributed by atoms with Gasteiger partial charge in [-0.15, -0.1) is 11.3 Å². The molecule has 9 heteroatoms. The second-order valence-electron chi connectivity index (χ2n) is 11.4. The summed E-state index contributed by atoms with van der Waals surface area (Å²) in [6, 6.07) is 48.8. The minimum absolute atomic E-state index is 0.0631. The predicted octanol–water partition coefficient (Wildman–Crippen LogP) is 8.26. The van der Waals surface area contributed by atoms with E-state index in [-0.39, 0.29) is 5.69 Å². The Bertz CT molecular complexity index is 1950. The Morgan fingerprint density at radius 3 is 1.64 bits per heavy atom. The summed E-state index contributed by atoms with van der Waals surface area (Å²) in [6.45, 7) is 1.47. The zero-order valence-corrected chi connectivity index (χ0v) is 27.9. The number of anilines is 1. The third-order valence-corrected chi connectivity index (χ3v) is 8.82. The molecule has 0 aliphatic heterocycles. The number of aromatic nitrogens is 1. The van der Waals surface area contributed by atoms with E-state index in [0.717, 1.165) is 33.9 Å². The van der Waals surface area contributed by atoms with Crippen LogP contribution < -0.4 is 5.32 Å². The van der Waals surface area contributed by atoms with Crippen molar-refractivity contribution in [2.45, 2.75) is 24.4 Å². The van der Waals surface area contributed by atoms with Crippen LogP contribution in [-0.4, -0.2) is 33.5 Å². The quantitative estimate of drug-likeness (QED) is 0.0392. The standard InChI is InChI=1S/C41H33N3O5S/c1-40(27-28-45,48-37(30-17-7-2-8-18-30)31-19-9-3-10-20-31)49-44-36(38(46)47)35-29-50-39(42-35)43-41(32-21-11-4-12-22-32,33-23-13-5-14-24-33)34-25-15-6-16-26-34/h2-27,29,37H,1H3,(H,42,43)(H,46,47). The van der Waals surface area contributed by atoms with Gasteiger partial charge in [0.2, 0.25) is 5.71 Å². The highest BCUT2D eigenvalue weighted by molar-refractivity contribution is 7.14. The van der Waals surface area contributed by atoms with Crippen LogP contribution in [0.1, 0.15) is 46.5 Å². The summed E-state index contributed by atoms with van der Waals surface area (Å²) in [7, 11) is 0. The SMILES string of the molecule is CC(C=C=O)(ON=C(C(=O)O)c1csc(NC(c2ccccc2)(c2ccccc2)c2ccccc2)n1)OC(c1ccccc1)c1ccccc1. The van der Waals surface area contributed by atoms with Crippen molar-refractivity contribution in [1.29, 1.82) is 0 Å². The second kappa shape index (κ2) is 15.4. The Labute approximate surface area is 294 Å². The molecular formula is C41H33N3O5S. The number of ether oxygens (including phenoxy) is 1. The number of carbonyl (C=O) groups excluding carboxylic acids is 1. The number of nitrogens with zero attached hydrogens (tertiary/aromatic N) is 2. The molecule has 0 aliphatic carbocycles. The average Bonchev–Trinajstić information content (AvgIpc) is 3.62. The molecule has 0 aliphatic rings. The van der Waals surface area contributed by atoms with E-state index in [1.54, 1.807) is 11.3 Å². The van der Waals surface area contributed by atoms with Gasteiger partial charge in [0.15, 0.2) is 5.13 Å². The zero-order valence-electron chi connectivity index (χ0n) is 27.0. The van der Waals surface area contributed by atoms with Gasteiger partial charge in [0.05, 0.1) is 6.08 Å². The summed E-state index contributed by atoms with van der Waals surface area (Å²) in [5, 5.41) is 20.0. The molecular weight excluding hydrogens is 647 g/mol. The molecule has 0 saturated heterocycles. The summed E-state index contributed by atoms with van der Waals surface area (Å²) in [6.07, 6.45) is 0.351. The van der Waals surface area contributed by atoms with E-state index in [1.807, 2.05) is 152 Å². The molecule has 50 heavy (non-hydrogen) atoms. The van der Waals surface area contributed by atoms with E-state index in [9.17, 15) is 14.7 Å². The maximum absolute atomic E-state index is 12.6.